The molecule has 0 bridgehead atoms. The van der Waals surface area contributed by atoms with E-state index in [0.29, 0.717) is 23.5 Å². The maximum atomic E-state index is 13.0. The topological polar surface area (TPSA) is 90.0 Å². The van der Waals surface area contributed by atoms with Crippen molar-refractivity contribution in [1.29, 1.82) is 0 Å². The maximum absolute atomic E-state index is 13.0. The molecule has 1 heterocycles. The normalized spacial score (nSPS) is 21.4. The SMILES string of the molecule is COc1cc(C(C)=O)ccc1OCC(=O)N(C1CCCC1)[C@@H]1CCS(=O)(=O)C1. The molecule has 0 unspecified atom stereocenters. The van der Waals surface area contributed by atoms with Crippen LogP contribution < -0.4 is 9.47 Å². The van der Waals surface area contributed by atoms with Gasteiger partial charge in [-0.2, -0.15) is 0 Å². The second kappa shape index (κ2) is 8.51. The van der Waals surface area contributed by atoms with Gasteiger partial charge in [-0.15, -0.1) is 0 Å². The Hall–Kier alpha value is -2.09. The van der Waals surface area contributed by atoms with Crippen LogP contribution in [0.15, 0.2) is 18.2 Å². The average Bonchev–Trinajstić information content (AvgIpc) is 3.30. The first-order chi connectivity index (χ1) is 13.3. The minimum atomic E-state index is -3.08. The molecule has 1 atom stereocenters. The van der Waals surface area contributed by atoms with Crippen LogP contribution in [0.2, 0.25) is 0 Å². The lowest BCUT2D eigenvalue weighted by Gasteiger charge is -2.34. The van der Waals surface area contributed by atoms with E-state index in [1.54, 1.807) is 23.1 Å². The molecule has 1 saturated heterocycles. The summed E-state index contributed by atoms with van der Waals surface area (Å²) in [7, 11) is -1.61. The lowest BCUT2D eigenvalue weighted by Crippen LogP contribution is -2.48. The molecular formula is C20H27NO6S. The summed E-state index contributed by atoms with van der Waals surface area (Å²) >= 11 is 0. The number of benzene rings is 1. The van der Waals surface area contributed by atoms with E-state index in [1.165, 1.54) is 14.0 Å². The molecule has 1 saturated carbocycles. The van der Waals surface area contributed by atoms with Crippen LogP contribution in [0.1, 0.15) is 49.4 Å². The lowest BCUT2D eigenvalue weighted by molar-refractivity contribution is -0.137. The van der Waals surface area contributed by atoms with Gasteiger partial charge in [0.15, 0.2) is 33.7 Å². The highest BCUT2D eigenvalue weighted by Gasteiger charge is 2.39. The highest BCUT2D eigenvalue weighted by molar-refractivity contribution is 7.91. The average molecular weight is 410 g/mol. The number of hydrogen-bond donors (Lipinski definition) is 0. The van der Waals surface area contributed by atoms with Crippen molar-refractivity contribution in [3.05, 3.63) is 23.8 Å². The third-order valence-corrected chi connectivity index (χ3v) is 7.28. The van der Waals surface area contributed by atoms with Gasteiger partial charge in [-0.25, -0.2) is 8.42 Å². The molecule has 0 spiro atoms. The standard InChI is InChI=1S/C20H27NO6S/c1-14(22)15-7-8-18(19(11-15)26-2)27-12-20(23)21(16-5-3-4-6-16)17-9-10-28(24,25)13-17/h7-8,11,16-17H,3-6,9-10,12-13H2,1-2H3/t17-/m1/s1. The Bertz CT molecular complexity index is 844. The summed E-state index contributed by atoms with van der Waals surface area (Å²) in [6, 6.07) is 4.63. The Balaban J connectivity index is 1.73. The van der Waals surface area contributed by atoms with Crippen molar-refractivity contribution in [2.75, 3.05) is 25.2 Å². The first-order valence-electron chi connectivity index (χ1n) is 9.64. The third kappa shape index (κ3) is 4.66. The van der Waals surface area contributed by atoms with Gasteiger partial charge in [0.2, 0.25) is 0 Å². The van der Waals surface area contributed by atoms with Gasteiger partial charge in [0.05, 0.1) is 18.6 Å². The molecule has 3 rings (SSSR count). The number of carbonyl (C=O) groups excluding carboxylic acids is 2. The predicted octanol–water partition coefficient (Wildman–Crippen LogP) is 2.23. The van der Waals surface area contributed by atoms with Crippen molar-refractivity contribution in [2.24, 2.45) is 0 Å². The van der Waals surface area contributed by atoms with E-state index in [0.717, 1.165) is 25.7 Å². The quantitative estimate of drug-likeness (QED) is 0.642. The highest BCUT2D eigenvalue weighted by Crippen LogP contribution is 2.31. The van der Waals surface area contributed by atoms with Crippen LogP contribution in [0, 0.1) is 0 Å². The van der Waals surface area contributed by atoms with Gasteiger partial charge >= 0.3 is 0 Å². The number of carbonyl (C=O) groups is 2. The van der Waals surface area contributed by atoms with Crippen molar-refractivity contribution in [2.45, 2.75) is 51.1 Å². The van der Waals surface area contributed by atoms with Gasteiger partial charge in [-0.1, -0.05) is 12.8 Å². The fraction of sp³-hybridized carbons (Fsp3) is 0.600. The maximum Gasteiger partial charge on any atom is 0.261 e. The molecule has 0 N–H and O–H groups in total. The predicted molar refractivity (Wildman–Crippen MR) is 105 cm³/mol. The van der Waals surface area contributed by atoms with Crippen LogP contribution in [-0.2, 0) is 14.6 Å². The number of methoxy groups -OCH3 is 1. The summed E-state index contributed by atoms with van der Waals surface area (Å²) in [5.41, 5.74) is 0.499. The molecule has 0 aromatic heterocycles. The smallest absolute Gasteiger partial charge is 0.261 e. The Morgan fingerprint density at radius 3 is 2.39 bits per heavy atom. The Morgan fingerprint density at radius 2 is 1.82 bits per heavy atom. The summed E-state index contributed by atoms with van der Waals surface area (Å²) in [6.07, 6.45) is 4.39. The monoisotopic (exact) mass is 409 g/mol. The van der Waals surface area contributed by atoms with Gasteiger partial charge < -0.3 is 14.4 Å². The minimum absolute atomic E-state index is 0.0336. The Kier molecular flexibility index (Phi) is 6.27. The Labute approximate surface area is 165 Å². The zero-order chi connectivity index (χ0) is 20.3. The van der Waals surface area contributed by atoms with E-state index in [-0.39, 0.29) is 41.9 Å². The highest BCUT2D eigenvalue weighted by atomic mass is 32.2. The number of Topliss-reactive ketones (excluding diaryl/α,β-unsaturated/α-hetero) is 1. The molecular weight excluding hydrogens is 382 g/mol. The largest absolute Gasteiger partial charge is 0.493 e. The number of ether oxygens (including phenoxy) is 2. The number of rotatable bonds is 7. The van der Waals surface area contributed by atoms with Crippen LogP contribution in [0.3, 0.4) is 0 Å². The lowest BCUT2D eigenvalue weighted by atomic mass is 10.1. The molecule has 8 heteroatoms. The molecule has 1 aromatic rings. The van der Waals surface area contributed by atoms with Gasteiger partial charge in [0.1, 0.15) is 0 Å². The van der Waals surface area contributed by atoms with Crippen LogP contribution in [0.4, 0.5) is 0 Å². The molecule has 2 fully saturated rings. The van der Waals surface area contributed by atoms with Crippen molar-refractivity contribution >= 4 is 21.5 Å². The van der Waals surface area contributed by atoms with E-state index in [4.69, 9.17) is 9.47 Å². The van der Waals surface area contributed by atoms with Crippen LogP contribution >= 0.6 is 0 Å². The van der Waals surface area contributed by atoms with Crippen molar-refractivity contribution in [3.63, 3.8) is 0 Å². The molecule has 1 amide bonds. The molecule has 2 aliphatic rings. The Morgan fingerprint density at radius 1 is 1.11 bits per heavy atom. The minimum Gasteiger partial charge on any atom is -0.493 e. The number of amides is 1. The third-order valence-electron chi connectivity index (χ3n) is 5.53. The van der Waals surface area contributed by atoms with E-state index >= 15 is 0 Å². The van der Waals surface area contributed by atoms with E-state index in [1.807, 2.05) is 0 Å². The van der Waals surface area contributed by atoms with Crippen LogP contribution in [0.25, 0.3) is 0 Å². The fourth-order valence-electron chi connectivity index (χ4n) is 4.10. The van der Waals surface area contributed by atoms with Crippen molar-refractivity contribution in [3.8, 4) is 11.5 Å². The van der Waals surface area contributed by atoms with Crippen molar-refractivity contribution < 1.29 is 27.5 Å². The van der Waals surface area contributed by atoms with E-state index < -0.39 is 9.84 Å². The molecule has 28 heavy (non-hydrogen) atoms. The first-order valence-corrected chi connectivity index (χ1v) is 11.5. The van der Waals surface area contributed by atoms with Gasteiger partial charge in [-0.3, -0.25) is 9.59 Å². The number of sulfone groups is 1. The molecule has 7 nitrogen and oxygen atoms in total. The molecule has 154 valence electrons. The van der Waals surface area contributed by atoms with Crippen LogP contribution in [-0.4, -0.2) is 62.3 Å². The first kappa shape index (κ1) is 20.6. The number of hydrogen-bond acceptors (Lipinski definition) is 6. The second-order valence-corrected chi connectivity index (χ2v) is 9.74. The summed E-state index contributed by atoms with van der Waals surface area (Å²) in [6.45, 7) is 1.27. The van der Waals surface area contributed by atoms with Crippen LogP contribution in [0.5, 0.6) is 11.5 Å². The second-order valence-electron chi connectivity index (χ2n) is 7.51. The van der Waals surface area contributed by atoms with E-state index in [9.17, 15) is 18.0 Å². The summed E-state index contributed by atoms with van der Waals surface area (Å²) < 4.78 is 34.8. The van der Waals surface area contributed by atoms with Gasteiger partial charge in [0, 0.05) is 17.6 Å². The zero-order valence-corrected chi connectivity index (χ0v) is 17.2. The van der Waals surface area contributed by atoms with E-state index in [2.05, 4.69) is 0 Å². The van der Waals surface area contributed by atoms with Gasteiger partial charge in [0.25, 0.3) is 5.91 Å². The van der Waals surface area contributed by atoms with Gasteiger partial charge in [-0.05, 0) is 44.4 Å². The fourth-order valence-corrected chi connectivity index (χ4v) is 5.81. The van der Waals surface area contributed by atoms with Crippen molar-refractivity contribution in [1.82, 2.24) is 4.90 Å². The summed E-state index contributed by atoms with van der Waals surface area (Å²) in [5.74, 6) is 0.645. The molecule has 1 aromatic carbocycles. The number of nitrogens with zero attached hydrogens (tertiary/aromatic N) is 1. The number of ketones is 1. The summed E-state index contributed by atoms with van der Waals surface area (Å²) in [5, 5.41) is 0. The molecule has 1 aliphatic heterocycles. The molecule has 1 aliphatic carbocycles. The summed E-state index contributed by atoms with van der Waals surface area (Å²) in [4.78, 5) is 26.3. The molecule has 0 radical (unpaired) electrons. The zero-order valence-electron chi connectivity index (χ0n) is 16.3.